The van der Waals surface area contributed by atoms with E-state index in [1.165, 1.54) is 5.56 Å². The van der Waals surface area contributed by atoms with E-state index in [0.717, 1.165) is 48.7 Å². The lowest BCUT2D eigenvalue weighted by atomic mass is 10.1. The quantitative estimate of drug-likeness (QED) is 0.900. The Kier molecular flexibility index (Phi) is 3.72. The lowest BCUT2D eigenvalue weighted by Gasteiger charge is -2.29. The molecule has 98 valence electrons. The Morgan fingerprint density at radius 3 is 2.61 bits per heavy atom. The first-order chi connectivity index (χ1) is 8.84. The molecule has 5 heteroatoms. The van der Waals surface area contributed by atoms with Crippen LogP contribution in [-0.4, -0.2) is 44.3 Å². The van der Waals surface area contributed by atoms with Gasteiger partial charge in [0.05, 0.1) is 4.47 Å². The fraction of sp³-hybridized carbons (Fsp3) is 0.538. The molecule has 1 N–H and O–H groups in total. The second-order valence-corrected chi connectivity index (χ2v) is 5.44. The maximum atomic E-state index is 5.78. The Morgan fingerprint density at radius 1 is 1.11 bits per heavy atom. The average molecular weight is 313 g/mol. The molecule has 1 saturated heterocycles. The van der Waals surface area contributed by atoms with E-state index in [0.29, 0.717) is 13.2 Å². The zero-order valence-corrected chi connectivity index (χ0v) is 11.8. The maximum absolute atomic E-state index is 5.78. The van der Waals surface area contributed by atoms with Crippen molar-refractivity contribution in [2.45, 2.75) is 6.54 Å². The van der Waals surface area contributed by atoms with E-state index in [9.17, 15) is 0 Å². The Bertz CT molecular complexity index is 433. The van der Waals surface area contributed by atoms with Crippen LogP contribution in [0.15, 0.2) is 16.6 Å². The molecule has 0 atom stereocenters. The van der Waals surface area contributed by atoms with Gasteiger partial charge in [-0.2, -0.15) is 0 Å². The summed E-state index contributed by atoms with van der Waals surface area (Å²) in [4.78, 5) is 2.44. The van der Waals surface area contributed by atoms with Gasteiger partial charge in [0.2, 0.25) is 0 Å². The van der Waals surface area contributed by atoms with Crippen LogP contribution in [0.2, 0.25) is 0 Å². The molecule has 0 bridgehead atoms. The summed E-state index contributed by atoms with van der Waals surface area (Å²) in [6.07, 6.45) is 0. The SMILES string of the molecule is Brc1ccc(CN2CCNCC2)c2c1OCCO2. The van der Waals surface area contributed by atoms with Crippen molar-refractivity contribution >= 4 is 15.9 Å². The summed E-state index contributed by atoms with van der Waals surface area (Å²) in [7, 11) is 0. The van der Waals surface area contributed by atoms with E-state index >= 15 is 0 Å². The van der Waals surface area contributed by atoms with E-state index in [2.05, 4.69) is 32.2 Å². The van der Waals surface area contributed by atoms with Crippen LogP contribution in [0.1, 0.15) is 5.56 Å². The van der Waals surface area contributed by atoms with E-state index in [4.69, 9.17) is 9.47 Å². The maximum Gasteiger partial charge on any atom is 0.175 e. The second kappa shape index (κ2) is 5.47. The minimum atomic E-state index is 0.628. The van der Waals surface area contributed by atoms with Crippen LogP contribution in [0, 0.1) is 0 Å². The predicted octanol–water partition coefficient (Wildman–Crippen LogP) is 1.63. The molecule has 18 heavy (non-hydrogen) atoms. The van der Waals surface area contributed by atoms with Crippen molar-refractivity contribution in [1.82, 2.24) is 10.2 Å². The van der Waals surface area contributed by atoms with Gasteiger partial charge in [-0.25, -0.2) is 0 Å². The van der Waals surface area contributed by atoms with Gasteiger partial charge in [-0.1, -0.05) is 6.07 Å². The van der Waals surface area contributed by atoms with E-state index in [-0.39, 0.29) is 0 Å². The number of piperazine rings is 1. The third kappa shape index (κ3) is 2.48. The van der Waals surface area contributed by atoms with Crippen molar-refractivity contribution in [3.8, 4) is 11.5 Å². The molecule has 1 fully saturated rings. The molecule has 2 aliphatic heterocycles. The average Bonchev–Trinajstić information content (AvgIpc) is 2.44. The van der Waals surface area contributed by atoms with Crippen LogP contribution < -0.4 is 14.8 Å². The Balaban J connectivity index is 1.82. The number of hydrogen-bond acceptors (Lipinski definition) is 4. The minimum Gasteiger partial charge on any atom is -0.486 e. The first-order valence-corrected chi connectivity index (χ1v) is 7.14. The van der Waals surface area contributed by atoms with Crippen molar-refractivity contribution in [3.63, 3.8) is 0 Å². The molecule has 0 spiro atoms. The van der Waals surface area contributed by atoms with Crippen molar-refractivity contribution in [2.24, 2.45) is 0 Å². The standard InChI is InChI=1S/C13H17BrN2O2/c14-11-2-1-10(9-16-5-3-15-4-6-16)12-13(11)18-8-7-17-12/h1-2,15H,3-9H2. The van der Waals surface area contributed by atoms with E-state index in [1.54, 1.807) is 0 Å². The fourth-order valence-corrected chi connectivity index (χ4v) is 2.82. The number of rotatable bonds is 2. The number of nitrogens with one attached hydrogen (secondary N) is 1. The van der Waals surface area contributed by atoms with Gasteiger partial charge in [0, 0.05) is 38.3 Å². The lowest BCUT2D eigenvalue weighted by molar-refractivity contribution is 0.164. The summed E-state index contributed by atoms with van der Waals surface area (Å²) in [5.41, 5.74) is 1.22. The highest BCUT2D eigenvalue weighted by molar-refractivity contribution is 9.10. The Hall–Kier alpha value is -0.780. The van der Waals surface area contributed by atoms with Crippen LogP contribution in [0.25, 0.3) is 0 Å². The molecule has 1 aromatic rings. The highest BCUT2D eigenvalue weighted by atomic mass is 79.9. The summed E-state index contributed by atoms with van der Waals surface area (Å²) >= 11 is 3.51. The van der Waals surface area contributed by atoms with Crippen molar-refractivity contribution in [1.29, 1.82) is 0 Å². The highest BCUT2D eigenvalue weighted by Crippen LogP contribution is 2.40. The molecule has 0 unspecified atom stereocenters. The number of ether oxygens (including phenoxy) is 2. The van der Waals surface area contributed by atoms with E-state index < -0.39 is 0 Å². The van der Waals surface area contributed by atoms with Gasteiger partial charge in [-0.05, 0) is 22.0 Å². The van der Waals surface area contributed by atoms with Gasteiger partial charge < -0.3 is 14.8 Å². The van der Waals surface area contributed by atoms with Crippen molar-refractivity contribution < 1.29 is 9.47 Å². The number of nitrogens with zero attached hydrogens (tertiary/aromatic N) is 1. The number of hydrogen-bond donors (Lipinski definition) is 1. The third-order valence-corrected chi connectivity index (χ3v) is 3.95. The smallest absolute Gasteiger partial charge is 0.175 e. The van der Waals surface area contributed by atoms with Crippen molar-refractivity contribution in [2.75, 3.05) is 39.4 Å². The molecular formula is C13H17BrN2O2. The number of benzene rings is 1. The lowest BCUT2D eigenvalue weighted by Crippen LogP contribution is -2.43. The summed E-state index contributed by atoms with van der Waals surface area (Å²) in [5.74, 6) is 1.77. The molecule has 1 aromatic carbocycles. The normalized spacial score (nSPS) is 19.8. The van der Waals surface area contributed by atoms with Gasteiger partial charge >= 0.3 is 0 Å². The Morgan fingerprint density at radius 2 is 1.83 bits per heavy atom. The molecular weight excluding hydrogens is 296 g/mol. The summed E-state index contributed by atoms with van der Waals surface area (Å²) in [6, 6.07) is 4.17. The van der Waals surface area contributed by atoms with Gasteiger partial charge in [0.25, 0.3) is 0 Å². The van der Waals surface area contributed by atoms with Gasteiger partial charge in [-0.15, -0.1) is 0 Å². The summed E-state index contributed by atoms with van der Waals surface area (Å²) in [5, 5.41) is 3.37. The van der Waals surface area contributed by atoms with Crippen LogP contribution >= 0.6 is 15.9 Å². The zero-order valence-electron chi connectivity index (χ0n) is 10.2. The predicted molar refractivity (Wildman–Crippen MR) is 73.3 cm³/mol. The molecule has 2 heterocycles. The summed E-state index contributed by atoms with van der Waals surface area (Å²) in [6.45, 7) is 6.50. The minimum absolute atomic E-state index is 0.628. The third-order valence-electron chi connectivity index (χ3n) is 3.33. The van der Waals surface area contributed by atoms with Crippen LogP contribution in [0.5, 0.6) is 11.5 Å². The first kappa shape index (κ1) is 12.3. The Labute approximate surface area is 115 Å². The topological polar surface area (TPSA) is 33.7 Å². The summed E-state index contributed by atoms with van der Waals surface area (Å²) < 4.78 is 12.4. The van der Waals surface area contributed by atoms with Gasteiger partial charge in [0.1, 0.15) is 13.2 Å². The molecule has 3 rings (SSSR count). The molecule has 4 nitrogen and oxygen atoms in total. The molecule has 0 aliphatic carbocycles. The monoisotopic (exact) mass is 312 g/mol. The number of fused-ring (bicyclic) bond motifs is 1. The molecule has 0 radical (unpaired) electrons. The number of halogens is 1. The highest BCUT2D eigenvalue weighted by Gasteiger charge is 2.21. The van der Waals surface area contributed by atoms with Gasteiger partial charge in [-0.3, -0.25) is 4.90 Å². The molecule has 0 aromatic heterocycles. The van der Waals surface area contributed by atoms with Gasteiger partial charge in [0.15, 0.2) is 11.5 Å². The second-order valence-electron chi connectivity index (χ2n) is 4.59. The molecule has 2 aliphatic rings. The van der Waals surface area contributed by atoms with Crippen LogP contribution in [0.3, 0.4) is 0 Å². The molecule has 0 saturated carbocycles. The van der Waals surface area contributed by atoms with Crippen LogP contribution in [0.4, 0.5) is 0 Å². The first-order valence-electron chi connectivity index (χ1n) is 6.34. The zero-order chi connectivity index (χ0) is 12.4. The molecule has 0 amide bonds. The van der Waals surface area contributed by atoms with E-state index in [1.807, 2.05) is 6.07 Å². The van der Waals surface area contributed by atoms with Crippen molar-refractivity contribution in [3.05, 3.63) is 22.2 Å². The largest absolute Gasteiger partial charge is 0.486 e. The fourth-order valence-electron chi connectivity index (χ4n) is 2.39. The van der Waals surface area contributed by atoms with Crippen LogP contribution in [-0.2, 0) is 6.54 Å².